The zero-order valence-corrected chi connectivity index (χ0v) is 17.8. The highest BCUT2D eigenvalue weighted by molar-refractivity contribution is 14.0. The molecule has 0 aromatic heterocycles. The maximum absolute atomic E-state index is 11.2. The highest BCUT2D eigenvalue weighted by Gasteiger charge is 2.14. The Morgan fingerprint density at radius 2 is 1.84 bits per heavy atom. The van der Waals surface area contributed by atoms with Crippen LogP contribution in [0, 0.1) is 5.92 Å². The Hall–Kier alpha value is -0.870. The smallest absolute Gasteiger partial charge is 0.238 e. The SMILES string of the molecule is CN=C(NCCCC1CCCC1)NCc1ccc(S(N)(=O)=O)cc1.I. The molecule has 2 rings (SSSR count). The largest absolute Gasteiger partial charge is 0.356 e. The quantitative estimate of drug-likeness (QED) is 0.242. The molecule has 0 radical (unpaired) electrons. The van der Waals surface area contributed by atoms with Crippen LogP contribution in [0.2, 0.25) is 0 Å². The number of aliphatic imine (C=N–C) groups is 1. The van der Waals surface area contributed by atoms with Crippen molar-refractivity contribution in [2.75, 3.05) is 13.6 Å². The summed E-state index contributed by atoms with van der Waals surface area (Å²) in [5.74, 6) is 1.68. The van der Waals surface area contributed by atoms with Crippen LogP contribution in [0.15, 0.2) is 34.2 Å². The van der Waals surface area contributed by atoms with Gasteiger partial charge in [0.2, 0.25) is 10.0 Å². The number of nitrogens with two attached hydrogens (primary N) is 1. The molecule has 4 N–H and O–H groups in total. The first-order valence-electron chi connectivity index (χ1n) is 8.55. The fraction of sp³-hybridized carbons (Fsp3) is 0.588. The van der Waals surface area contributed by atoms with Crippen LogP contribution >= 0.6 is 24.0 Å². The number of halogens is 1. The van der Waals surface area contributed by atoms with Crippen LogP contribution in [0.25, 0.3) is 0 Å². The predicted molar refractivity (Wildman–Crippen MR) is 113 cm³/mol. The van der Waals surface area contributed by atoms with Crippen molar-refractivity contribution in [3.63, 3.8) is 0 Å². The number of hydrogen-bond acceptors (Lipinski definition) is 3. The van der Waals surface area contributed by atoms with Crippen LogP contribution in [0.1, 0.15) is 44.1 Å². The molecule has 0 saturated heterocycles. The molecular weight excluding hydrogens is 451 g/mol. The van der Waals surface area contributed by atoms with Crippen molar-refractivity contribution < 1.29 is 8.42 Å². The van der Waals surface area contributed by atoms with Gasteiger partial charge in [-0.2, -0.15) is 0 Å². The summed E-state index contributed by atoms with van der Waals surface area (Å²) in [4.78, 5) is 4.33. The van der Waals surface area contributed by atoms with E-state index in [1.54, 1.807) is 19.2 Å². The second kappa shape index (κ2) is 11.0. The summed E-state index contributed by atoms with van der Waals surface area (Å²) in [7, 11) is -1.89. The number of nitrogens with zero attached hydrogens (tertiary/aromatic N) is 1. The molecule has 0 bridgehead atoms. The molecule has 0 heterocycles. The molecule has 0 amide bonds. The fourth-order valence-electron chi connectivity index (χ4n) is 3.10. The third kappa shape index (κ3) is 7.91. The van der Waals surface area contributed by atoms with Gasteiger partial charge < -0.3 is 10.6 Å². The fourth-order valence-corrected chi connectivity index (χ4v) is 3.62. The molecule has 1 aromatic carbocycles. The minimum atomic E-state index is -3.63. The average Bonchev–Trinajstić information content (AvgIpc) is 3.07. The minimum Gasteiger partial charge on any atom is -0.356 e. The van der Waals surface area contributed by atoms with Crippen molar-refractivity contribution in [2.45, 2.75) is 50.0 Å². The first-order chi connectivity index (χ1) is 11.5. The van der Waals surface area contributed by atoms with Gasteiger partial charge in [-0.15, -0.1) is 24.0 Å². The van der Waals surface area contributed by atoms with Crippen molar-refractivity contribution in [3.05, 3.63) is 29.8 Å². The topological polar surface area (TPSA) is 96.6 Å². The number of primary sulfonamides is 1. The van der Waals surface area contributed by atoms with Crippen LogP contribution in [-0.2, 0) is 16.6 Å². The van der Waals surface area contributed by atoms with Crippen molar-refractivity contribution in [1.82, 2.24) is 10.6 Å². The molecule has 0 spiro atoms. The number of benzene rings is 1. The van der Waals surface area contributed by atoms with Crippen LogP contribution in [0.3, 0.4) is 0 Å². The number of guanidine groups is 1. The van der Waals surface area contributed by atoms with Gasteiger partial charge in [-0.3, -0.25) is 4.99 Å². The molecule has 1 aliphatic rings. The lowest BCUT2D eigenvalue weighted by molar-refractivity contribution is 0.481. The second-order valence-corrected chi connectivity index (χ2v) is 7.90. The number of sulfonamides is 1. The van der Waals surface area contributed by atoms with Gasteiger partial charge in [-0.05, 0) is 36.5 Å². The van der Waals surface area contributed by atoms with E-state index in [-0.39, 0.29) is 28.9 Å². The van der Waals surface area contributed by atoms with E-state index >= 15 is 0 Å². The van der Waals surface area contributed by atoms with E-state index in [2.05, 4.69) is 15.6 Å². The molecule has 0 aliphatic heterocycles. The van der Waals surface area contributed by atoms with E-state index in [4.69, 9.17) is 5.14 Å². The number of rotatable bonds is 7. The standard InChI is InChI=1S/C17H28N4O2S.HI/c1-19-17(20-12-4-7-14-5-2-3-6-14)21-13-15-8-10-16(11-9-15)24(18,22)23;/h8-11,14H,2-7,12-13H2,1H3,(H2,18,22,23)(H2,19,20,21);1H. The van der Waals surface area contributed by atoms with E-state index in [1.165, 1.54) is 44.2 Å². The average molecular weight is 480 g/mol. The molecular formula is C17H29IN4O2S. The second-order valence-electron chi connectivity index (χ2n) is 6.33. The maximum Gasteiger partial charge on any atom is 0.238 e. The normalized spacial score (nSPS) is 15.7. The van der Waals surface area contributed by atoms with Crippen LogP contribution in [0.4, 0.5) is 0 Å². The third-order valence-corrected chi connectivity index (χ3v) is 5.42. The molecule has 1 aromatic rings. The Morgan fingerprint density at radius 3 is 2.40 bits per heavy atom. The zero-order chi connectivity index (χ0) is 17.4. The summed E-state index contributed by atoms with van der Waals surface area (Å²) in [6.45, 7) is 1.49. The molecule has 25 heavy (non-hydrogen) atoms. The lowest BCUT2D eigenvalue weighted by Gasteiger charge is -2.13. The molecule has 1 aliphatic carbocycles. The monoisotopic (exact) mass is 480 g/mol. The van der Waals surface area contributed by atoms with Gasteiger partial charge in [-0.25, -0.2) is 13.6 Å². The van der Waals surface area contributed by atoms with E-state index < -0.39 is 10.0 Å². The summed E-state index contributed by atoms with van der Waals surface area (Å²) >= 11 is 0. The number of hydrogen-bond donors (Lipinski definition) is 3. The van der Waals surface area contributed by atoms with Gasteiger partial charge in [-0.1, -0.05) is 37.8 Å². The Labute approximate surface area is 168 Å². The molecule has 0 unspecified atom stereocenters. The van der Waals surface area contributed by atoms with E-state index in [1.807, 2.05) is 0 Å². The summed E-state index contributed by atoms with van der Waals surface area (Å²) < 4.78 is 22.5. The first-order valence-corrected chi connectivity index (χ1v) is 10.1. The van der Waals surface area contributed by atoms with Gasteiger partial charge in [0.15, 0.2) is 5.96 Å². The first kappa shape index (κ1) is 22.2. The Bertz CT molecular complexity index is 641. The van der Waals surface area contributed by atoms with E-state index in [0.717, 1.165) is 30.4 Å². The van der Waals surface area contributed by atoms with Crippen molar-refractivity contribution in [2.24, 2.45) is 16.0 Å². The van der Waals surface area contributed by atoms with Gasteiger partial charge in [0.25, 0.3) is 0 Å². The lowest BCUT2D eigenvalue weighted by Crippen LogP contribution is -2.37. The lowest BCUT2D eigenvalue weighted by atomic mass is 10.0. The predicted octanol–water partition coefficient (Wildman–Crippen LogP) is 2.59. The van der Waals surface area contributed by atoms with E-state index in [0.29, 0.717) is 6.54 Å². The van der Waals surface area contributed by atoms with Crippen LogP contribution in [0.5, 0.6) is 0 Å². The maximum atomic E-state index is 11.2. The Kier molecular flexibility index (Phi) is 9.73. The van der Waals surface area contributed by atoms with Gasteiger partial charge in [0.05, 0.1) is 4.90 Å². The van der Waals surface area contributed by atoms with Crippen molar-refractivity contribution in [3.8, 4) is 0 Å². The molecule has 1 fully saturated rings. The van der Waals surface area contributed by atoms with Crippen LogP contribution in [-0.4, -0.2) is 28.0 Å². The highest BCUT2D eigenvalue weighted by atomic mass is 127. The van der Waals surface area contributed by atoms with Gasteiger partial charge in [0, 0.05) is 20.1 Å². The summed E-state index contributed by atoms with van der Waals surface area (Å²) in [5.41, 5.74) is 0.969. The van der Waals surface area contributed by atoms with Crippen LogP contribution < -0.4 is 15.8 Å². The Morgan fingerprint density at radius 1 is 1.20 bits per heavy atom. The minimum absolute atomic E-state index is 0. The third-order valence-electron chi connectivity index (χ3n) is 4.49. The highest BCUT2D eigenvalue weighted by Crippen LogP contribution is 2.28. The zero-order valence-electron chi connectivity index (χ0n) is 14.7. The van der Waals surface area contributed by atoms with Gasteiger partial charge in [0.1, 0.15) is 0 Å². The summed E-state index contributed by atoms with van der Waals surface area (Å²) in [6.07, 6.45) is 8.02. The Balaban J connectivity index is 0.00000312. The van der Waals surface area contributed by atoms with E-state index in [9.17, 15) is 8.42 Å². The van der Waals surface area contributed by atoms with Gasteiger partial charge >= 0.3 is 0 Å². The van der Waals surface area contributed by atoms with Crippen molar-refractivity contribution in [1.29, 1.82) is 0 Å². The summed E-state index contributed by atoms with van der Waals surface area (Å²) in [5, 5.41) is 11.6. The summed E-state index contributed by atoms with van der Waals surface area (Å²) in [6, 6.07) is 6.54. The number of nitrogens with one attached hydrogen (secondary N) is 2. The molecule has 8 heteroatoms. The molecule has 0 atom stereocenters. The molecule has 6 nitrogen and oxygen atoms in total. The molecule has 1 saturated carbocycles. The molecule has 142 valence electrons. The van der Waals surface area contributed by atoms with Crippen molar-refractivity contribution >= 4 is 40.0 Å².